The summed E-state index contributed by atoms with van der Waals surface area (Å²) >= 11 is 0. The zero-order valence-electron chi connectivity index (χ0n) is 19.1. The first kappa shape index (κ1) is 21.9. The van der Waals surface area contributed by atoms with Crippen LogP contribution in [0.1, 0.15) is 23.7 Å². The van der Waals surface area contributed by atoms with Gasteiger partial charge in [-0.1, -0.05) is 36.9 Å². The van der Waals surface area contributed by atoms with Gasteiger partial charge < -0.3 is 10.6 Å². The predicted octanol–water partition coefficient (Wildman–Crippen LogP) is 4.50. The molecule has 0 bridgehead atoms. The van der Waals surface area contributed by atoms with Crippen molar-refractivity contribution < 1.29 is 4.79 Å². The molecule has 1 aliphatic rings. The number of hydrogen-bond acceptors (Lipinski definition) is 4. The SMILES string of the molecule is C=CC=CC(=CC)C1CCNCC1NC(=O)c1ccc2[nH]nc(-c3ccc4[nH]ncc4c3)c2c1. The Labute approximate surface area is 198 Å². The first-order valence-electron chi connectivity index (χ1n) is 11.6. The number of piperidine rings is 1. The second kappa shape index (κ2) is 9.49. The Kier molecular flexibility index (Phi) is 6.10. The highest BCUT2D eigenvalue weighted by atomic mass is 16.1. The van der Waals surface area contributed by atoms with Crippen LogP contribution in [0.15, 0.2) is 79.1 Å². The Balaban J connectivity index is 1.42. The fourth-order valence-electron chi connectivity index (χ4n) is 4.74. The van der Waals surface area contributed by atoms with Crippen molar-refractivity contribution in [2.45, 2.75) is 19.4 Å². The van der Waals surface area contributed by atoms with E-state index >= 15 is 0 Å². The molecule has 4 N–H and O–H groups in total. The maximum atomic E-state index is 13.3. The van der Waals surface area contributed by atoms with Crippen LogP contribution in [-0.2, 0) is 0 Å². The maximum Gasteiger partial charge on any atom is 0.251 e. The average Bonchev–Trinajstić information content (AvgIpc) is 3.51. The van der Waals surface area contributed by atoms with Crippen molar-refractivity contribution in [2.75, 3.05) is 13.1 Å². The lowest BCUT2D eigenvalue weighted by atomic mass is 9.85. The molecular formula is C27H28N6O. The Hall–Kier alpha value is -3.97. The van der Waals surface area contributed by atoms with E-state index in [0.29, 0.717) is 5.56 Å². The minimum atomic E-state index is -0.0822. The van der Waals surface area contributed by atoms with E-state index in [4.69, 9.17) is 0 Å². The molecule has 2 aromatic heterocycles. The van der Waals surface area contributed by atoms with Gasteiger partial charge in [0.25, 0.3) is 5.91 Å². The van der Waals surface area contributed by atoms with Gasteiger partial charge in [-0.05, 0) is 55.8 Å². The molecular weight excluding hydrogens is 424 g/mol. The second-order valence-electron chi connectivity index (χ2n) is 8.57. The van der Waals surface area contributed by atoms with E-state index in [-0.39, 0.29) is 17.9 Å². The normalized spacial score (nSPS) is 19.1. The minimum Gasteiger partial charge on any atom is -0.347 e. The summed E-state index contributed by atoms with van der Waals surface area (Å²) in [6, 6.07) is 11.7. The largest absolute Gasteiger partial charge is 0.347 e. The number of hydrogen-bond donors (Lipinski definition) is 4. The van der Waals surface area contributed by atoms with Crippen LogP contribution in [0.4, 0.5) is 0 Å². The molecule has 34 heavy (non-hydrogen) atoms. The van der Waals surface area contributed by atoms with Crippen molar-refractivity contribution in [1.29, 1.82) is 0 Å². The summed E-state index contributed by atoms with van der Waals surface area (Å²) in [6.45, 7) is 7.48. The van der Waals surface area contributed by atoms with Crippen LogP contribution in [0, 0.1) is 5.92 Å². The number of rotatable bonds is 6. The summed E-state index contributed by atoms with van der Waals surface area (Å²) < 4.78 is 0. The van der Waals surface area contributed by atoms with Gasteiger partial charge in [0.15, 0.2) is 0 Å². The topological polar surface area (TPSA) is 98.5 Å². The number of fused-ring (bicyclic) bond motifs is 2. The van der Waals surface area contributed by atoms with E-state index in [1.807, 2.05) is 43.3 Å². The molecule has 1 amide bonds. The molecule has 2 unspecified atom stereocenters. The third kappa shape index (κ3) is 4.18. The summed E-state index contributed by atoms with van der Waals surface area (Å²) in [5.74, 6) is 0.169. The third-order valence-electron chi connectivity index (χ3n) is 6.52. The highest BCUT2D eigenvalue weighted by Crippen LogP contribution is 2.29. The van der Waals surface area contributed by atoms with Gasteiger partial charge in [0, 0.05) is 40.4 Å². The predicted molar refractivity (Wildman–Crippen MR) is 137 cm³/mol. The van der Waals surface area contributed by atoms with E-state index in [0.717, 1.165) is 52.6 Å². The van der Waals surface area contributed by atoms with Gasteiger partial charge in [0.05, 0.1) is 22.9 Å². The van der Waals surface area contributed by atoms with Gasteiger partial charge in [0.1, 0.15) is 0 Å². The van der Waals surface area contributed by atoms with Crippen molar-refractivity contribution >= 4 is 27.7 Å². The quantitative estimate of drug-likeness (QED) is 0.324. The minimum absolute atomic E-state index is 0.00457. The van der Waals surface area contributed by atoms with E-state index in [1.165, 1.54) is 5.57 Å². The van der Waals surface area contributed by atoms with Crippen LogP contribution < -0.4 is 10.6 Å². The molecule has 1 fully saturated rings. The maximum absolute atomic E-state index is 13.3. The summed E-state index contributed by atoms with van der Waals surface area (Å²) in [5, 5.41) is 23.3. The van der Waals surface area contributed by atoms with Crippen molar-refractivity contribution in [3.05, 3.63) is 84.6 Å². The van der Waals surface area contributed by atoms with Gasteiger partial charge in [-0.25, -0.2) is 0 Å². The van der Waals surface area contributed by atoms with Crippen LogP contribution in [-0.4, -0.2) is 45.4 Å². The lowest BCUT2D eigenvalue weighted by molar-refractivity contribution is 0.0919. The van der Waals surface area contributed by atoms with E-state index in [1.54, 1.807) is 12.3 Å². The van der Waals surface area contributed by atoms with Gasteiger partial charge in [-0.2, -0.15) is 10.2 Å². The van der Waals surface area contributed by atoms with Crippen LogP contribution in [0.25, 0.3) is 33.1 Å². The number of amides is 1. The zero-order valence-corrected chi connectivity index (χ0v) is 19.1. The fourth-order valence-corrected chi connectivity index (χ4v) is 4.74. The molecule has 3 heterocycles. The van der Waals surface area contributed by atoms with Crippen molar-refractivity contribution in [2.24, 2.45) is 5.92 Å². The van der Waals surface area contributed by atoms with Crippen LogP contribution in [0.5, 0.6) is 0 Å². The van der Waals surface area contributed by atoms with Crippen molar-refractivity contribution in [3.63, 3.8) is 0 Å². The molecule has 0 spiro atoms. The van der Waals surface area contributed by atoms with Crippen molar-refractivity contribution in [3.8, 4) is 11.3 Å². The molecule has 7 heteroatoms. The molecule has 2 atom stereocenters. The molecule has 2 aromatic carbocycles. The van der Waals surface area contributed by atoms with Gasteiger partial charge in [-0.3, -0.25) is 15.0 Å². The van der Waals surface area contributed by atoms with Gasteiger partial charge in [0.2, 0.25) is 0 Å². The lowest BCUT2D eigenvalue weighted by Crippen LogP contribution is -2.51. The Morgan fingerprint density at radius 3 is 2.91 bits per heavy atom. The fraction of sp³-hybridized carbons (Fsp3) is 0.222. The van der Waals surface area contributed by atoms with Crippen LogP contribution in [0.3, 0.4) is 0 Å². The Bertz CT molecular complexity index is 1410. The number of nitrogens with one attached hydrogen (secondary N) is 4. The third-order valence-corrected chi connectivity index (χ3v) is 6.52. The number of carbonyl (C=O) groups excluding carboxylic acids is 1. The lowest BCUT2D eigenvalue weighted by Gasteiger charge is -2.33. The Morgan fingerprint density at radius 2 is 2.06 bits per heavy atom. The van der Waals surface area contributed by atoms with Crippen molar-refractivity contribution in [1.82, 2.24) is 31.0 Å². The second-order valence-corrected chi connectivity index (χ2v) is 8.57. The first-order chi connectivity index (χ1) is 16.7. The molecule has 0 aliphatic carbocycles. The molecule has 172 valence electrons. The number of aromatic amines is 2. The monoisotopic (exact) mass is 452 g/mol. The summed E-state index contributed by atoms with van der Waals surface area (Å²) in [4.78, 5) is 13.3. The smallest absolute Gasteiger partial charge is 0.251 e. The van der Waals surface area contributed by atoms with E-state index in [2.05, 4.69) is 55.8 Å². The van der Waals surface area contributed by atoms with Gasteiger partial charge >= 0.3 is 0 Å². The van der Waals surface area contributed by atoms with E-state index < -0.39 is 0 Å². The first-order valence-corrected chi connectivity index (χ1v) is 11.6. The molecule has 0 radical (unpaired) electrons. The van der Waals surface area contributed by atoms with Crippen LogP contribution >= 0.6 is 0 Å². The number of nitrogens with zero attached hydrogens (tertiary/aromatic N) is 2. The molecule has 1 saturated heterocycles. The summed E-state index contributed by atoms with van der Waals surface area (Å²) in [7, 11) is 0. The van der Waals surface area contributed by atoms with Gasteiger partial charge in [-0.15, -0.1) is 0 Å². The number of allylic oxidation sites excluding steroid dienone is 4. The number of carbonyl (C=O) groups is 1. The number of H-pyrrole nitrogens is 2. The summed E-state index contributed by atoms with van der Waals surface area (Å²) in [6.07, 6.45) is 10.7. The highest BCUT2D eigenvalue weighted by molar-refractivity contribution is 6.02. The summed E-state index contributed by atoms with van der Waals surface area (Å²) in [5.41, 5.74) is 5.49. The number of benzene rings is 2. The van der Waals surface area contributed by atoms with Crippen LogP contribution in [0.2, 0.25) is 0 Å². The highest BCUT2D eigenvalue weighted by Gasteiger charge is 2.28. The number of aromatic nitrogens is 4. The zero-order chi connectivity index (χ0) is 23.5. The molecule has 1 aliphatic heterocycles. The molecule has 0 saturated carbocycles. The standard InChI is InChI=1S/C27H28N6O/c1-3-5-6-17(4-2)21-11-12-28-16-25(21)30-27(34)19-8-10-24-22(14-19)26(33-32-24)18-7-9-23-20(13-18)15-29-31-23/h3-10,13-15,21,25,28H,1,11-12,16H2,2H3,(H,29,31)(H,30,34)(H,32,33). The molecule has 5 rings (SSSR count). The molecule has 4 aromatic rings. The van der Waals surface area contributed by atoms with E-state index in [9.17, 15) is 4.79 Å². The molecule has 7 nitrogen and oxygen atoms in total. The Morgan fingerprint density at radius 1 is 1.18 bits per heavy atom. The average molecular weight is 453 g/mol.